The fourth-order valence-electron chi connectivity index (χ4n) is 6.42. The first-order valence-corrected chi connectivity index (χ1v) is 24.4. The van der Waals surface area contributed by atoms with Gasteiger partial charge in [-0.1, -0.05) is 179 Å². The van der Waals surface area contributed by atoms with Crippen LogP contribution in [-0.4, -0.2) is 73.4 Å². The Morgan fingerprint density at radius 3 is 1.49 bits per heavy atom. The number of phosphoric ester groups is 1. The van der Waals surface area contributed by atoms with Crippen molar-refractivity contribution in [2.24, 2.45) is 0 Å². The highest BCUT2D eigenvalue weighted by atomic mass is 31.2. The van der Waals surface area contributed by atoms with Crippen molar-refractivity contribution >= 4 is 13.7 Å². The maximum Gasteiger partial charge on any atom is 0.472 e. The molecule has 0 aliphatic rings. The Kier molecular flexibility index (Phi) is 37.4. The van der Waals surface area contributed by atoms with E-state index in [0.717, 1.165) is 44.9 Å². The molecule has 0 saturated carbocycles. The number of nitrogens with zero attached hydrogens (tertiary/aromatic N) is 1. The summed E-state index contributed by atoms with van der Waals surface area (Å²) in [5.74, 6) is -0.182. The molecule has 1 amide bonds. The fourth-order valence-corrected chi connectivity index (χ4v) is 7.16. The van der Waals surface area contributed by atoms with Gasteiger partial charge in [0.25, 0.3) is 0 Å². The summed E-state index contributed by atoms with van der Waals surface area (Å²) >= 11 is 0. The van der Waals surface area contributed by atoms with Gasteiger partial charge in [0.15, 0.2) is 0 Å². The Bertz CT molecular complexity index is 995. The van der Waals surface area contributed by atoms with E-state index in [0.29, 0.717) is 17.4 Å². The molecule has 0 aliphatic heterocycles. The summed E-state index contributed by atoms with van der Waals surface area (Å²) in [6.07, 6.45) is 46.5. The van der Waals surface area contributed by atoms with Crippen LogP contribution < -0.4 is 5.32 Å². The molecule has 0 rings (SSSR count). The van der Waals surface area contributed by atoms with Gasteiger partial charge in [-0.25, -0.2) is 4.57 Å². The number of hydrogen-bond acceptors (Lipinski definition) is 5. The van der Waals surface area contributed by atoms with Crippen molar-refractivity contribution in [3.63, 3.8) is 0 Å². The summed E-state index contributed by atoms with van der Waals surface area (Å²) in [5, 5.41) is 13.8. The van der Waals surface area contributed by atoms with Crippen LogP contribution in [0.1, 0.15) is 200 Å². The SMILES string of the molecule is CCCCCCC/C=C\C/C=C\CCCCCCCCCCCCCC(=O)NC(COP(=O)(O)OCC[N+](C)(C)C)C(O)/C=C/CCCCCCCCCC. The molecule has 0 heterocycles. The van der Waals surface area contributed by atoms with E-state index < -0.39 is 20.0 Å². The van der Waals surface area contributed by atoms with E-state index in [1.165, 1.54) is 135 Å². The predicted molar refractivity (Wildman–Crippen MR) is 235 cm³/mol. The molecule has 8 nitrogen and oxygen atoms in total. The molecule has 3 atom stereocenters. The monoisotopic (exact) mass is 798 g/mol. The number of hydrogen-bond donors (Lipinski definition) is 3. The molecule has 0 bridgehead atoms. The largest absolute Gasteiger partial charge is 0.472 e. The van der Waals surface area contributed by atoms with Crippen molar-refractivity contribution in [2.45, 2.75) is 212 Å². The zero-order chi connectivity index (χ0) is 40.7. The molecule has 0 fully saturated rings. The minimum absolute atomic E-state index is 0.0609. The maximum atomic E-state index is 12.9. The van der Waals surface area contributed by atoms with Crippen LogP contribution in [0.5, 0.6) is 0 Å². The first-order valence-electron chi connectivity index (χ1n) is 22.9. The Morgan fingerprint density at radius 2 is 1.04 bits per heavy atom. The molecular weight excluding hydrogens is 707 g/mol. The van der Waals surface area contributed by atoms with Crippen molar-refractivity contribution < 1.29 is 32.9 Å². The summed E-state index contributed by atoms with van der Waals surface area (Å²) < 4.78 is 23.5. The lowest BCUT2D eigenvalue weighted by atomic mass is 10.0. The Balaban J connectivity index is 4.24. The Hall–Kier alpha value is -1.28. The topological polar surface area (TPSA) is 105 Å². The van der Waals surface area contributed by atoms with Crippen LogP contribution in [0, 0.1) is 0 Å². The minimum Gasteiger partial charge on any atom is -0.387 e. The smallest absolute Gasteiger partial charge is 0.387 e. The van der Waals surface area contributed by atoms with E-state index in [4.69, 9.17) is 9.05 Å². The van der Waals surface area contributed by atoms with Crippen LogP contribution >= 0.6 is 7.82 Å². The van der Waals surface area contributed by atoms with Crippen molar-refractivity contribution in [3.05, 3.63) is 36.5 Å². The van der Waals surface area contributed by atoms with E-state index in [1.807, 2.05) is 27.2 Å². The number of unbranched alkanes of at least 4 members (excludes halogenated alkanes) is 24. The Morgan fingerprint density at radius 1 is 0.618 bits per heavy atom. The third-order valence-electron chi connectivity index (χ3n) is 10.1. The molecule has 0 aliphatic carbocycles. The predicted octanol–water partition coefficient (Wildman–Crippen LogP) is 12.7. The number of amides is 1. The first kappa shape index (κ1) is 53.7. The minimum atomic E-state index is -4.33. The standard InChI is InChI=1S/C46H89N2O6P/c1-6-8-10-12-14-16-18-19-20-21-22-23-24-25-26-27-28-29-30-32-34-36-38-40-46(50)47-44(43-54-55(51,52)53-42-41-48(3,4)5)45(49)39-37-35-33-31-17-15-13-11-9-7-2/h18-19,21-22,37,39,44-45,49H,6-17,20,23-36,38,40-43H2,1-5H3,(H-,47,50,51,52)/p+1/b19-18-,22-21-,39-37+. The zero-order valence-corrected chi connectivity index (χ0v) is 37.6. The van der Waals surface area contributed by atoms with Gasteiger partial charge in [-0.15, -0.1) is 0 Å². The summed E-state index contributed by atoms with van der Waals surface area (Å²) in [6.45, 7) is 4.78. The molecule has 55 heavy (non-hydrogen) atoms. The number of quaternary nitrogens is 1. The summed E-state index contributed by atoms with van der Waals surface area (Å²) in [6, 6.07) is -0.844. The first-order chi connectivity index (χ1) is 26.5. The fraction of sp³-hybridized carbons (Fsp3) is 0.848. The third-order valence-corrected chi connectivity index (χ3v) is 11.1. The molecule has 9 heteroatoms. The van der Waals surface area contributed by atoms with Gasteiger partial charge >= 0.3 is 7.82 Å². The number of likely N-dealkylation sites (N-methyl/N-ethyl adjacent to an activating group) is 1. The lowest BCUT2D eigenvalue weighted by Crippen LogP contribution is -2.45. The van der Waals surface area contributed by atoms with Crippen LogP contribution in [0.4, 0.5) is 0 Å². The summed E-state index contributed by atoms with van der Waals surface area (Å²) in [7, 11) is 1.57. The molecule has 0 spiro atoms. The number of carbonyl (C=O) groups is 1. The van der Waals surface area contributed by atoms with Crippen LogP contribution in [0.25, 0.3) is 0 Å². The van der Waals surface area contributed by atoms with E-state index >= 15 is 0 Å². The number of rotatable bonds is 41. The van der Waals surface area contributed by atoms with E-state index in [1.54, 1.807) is 6.08 Å². The van der Waals surface area contributed by atoms with Gasteiger partial charge in [-0.3, -0.25) is 13.8 Å². The van der Waals surface area contributed by atoms with Gasteiger partial charge in [-0.2, -0.15) is 0 Å². The number of aliphatic hydroxyl groups is 1. The molecule has 0 radical (unpaired) electrons. The normalized spacial score (nSPS) is 14.7. The third kappa shape index (κ3) is 40.7. The van der Waals surface area contributed by atoms with Crippen LogP contribution in [0.2, 0.25) is 0 Å². The van der Waals surface area contributed by atoms with Crippen LogP contribution in [0.15, 0.2) is 36.5 Å². The van der Waals surface area contributed by atoms with Crippen LogP contribution in [-0.2, 0) is 18.4 Å². The second-order valence-electron chi connectivity index (χ2n) is 16.8. The number of nitrogens with one attached hydrogen (secondary N) is 1. The Labute approximate surface area is 340 Å². The molecule has 0 saturated heterocycles. The molecular formula is C46H90N2O6P+. The molecule has 0 aromatic heterocycles. The highest BCUT2D eigenvalue weighted by molar-refractivity contribution is 7.47. The van der Waals surface area contributed by atoms with E-state index in [9.17, 15) is 19.4 Å². The number of phosphoric acid groups is 1. The van der Waals surface area contributed by atoms with Crippen LogP contribution in [0.3, 0.4) is 0 Å². The van der Waals surface area contributed by atoms with Gasteiger partial charge in [0, 0.05) is 6.42 Å². The van der Waals surface area contributed by atoms with Crippen molar-refractivity contribution in [2.75, 3.05) is 40.9 Å². The quantitative estimate of drug-likeness (QED) is 0.0246. The second-order valence-corrected chi connectivity index (χ2v) is 18.2. The van der Waals surface area contributed by atoms with Crippen molar-refractivity contribution in [1.82, 2.24) is 5.32 Å². The second kappa shape index (κ2) is 38.2. The van der Waals surface area contributed by atoms with Gasteiger partial charge in [-0.05, 0) is 51.4 Å². The molecule has 324 valence electrons. The van der Waals surface area contributed by atoms with Crippen molar-refractivity contribution in [1.29, 1.82) is 0 Å². The molecule has 3 unspecified atom stereocenters. The van der Waals surface area contributed by atoms with Gasteiger partial charge in [0.2, 0.25) is 5.91 Å². The van der Waals surface area contributed by atoms with E-state index in [-0.39, 0.29) is 19.1 Å². The lowest BCUT2D eigenvalue weighted by Gasteiger charge is -2.25. The molecule has 0 aromatic carbocycles. The van der Waals surface area contributed by atoms with Gasteiger partial charge in [0.1, 0.15) is 13.2 Å². The molecule has 3 N–H and O–H groups in total. The van der Waals surface area contributed by atoms with E-state index in [2.05, 4.69) is 43.5 Å². The highest BCUT2D eigenvalue weighted by Gasteiger charge is 2.27. The maximum absolute atomic E-state index is 12.9. The number of allylic oxidation sites excluding steroid dienone is 5. The average molecular weight is 798 g/mol. The van der Waals surface area contributed by atoms with Gasteiger partial charge < -0.3 is 19.8 Å². The van der Waals surface area contributed by atoms with Crippen molar-refractivity contribution in [3.8, 4) is 0 Å². The summed E-state index contributed by atoms with van der Waals surface area (Å²) in [5.41, 5.74) is 0. The zero-order valence-electron chi connectivity index (χ0n) is 36.7. The molecule has 0 aromatic rings. The number of carbonyl (C=O) groups excluding carboxylic acids is 1. The number of aliphatic hydroxyl groups excluding tert-OH is 1. The lowest BCUT2D eigenvalue weighted by molar-refractivity contribution is -0.870. The average Bonchev–Trinajstić information content (AvgIpc) is 3.13. The summed E-state index contributed by atoms with van der Waals surface area (Å²) in [4.78, 5) is 23.1. The van der Waals surface area contributed by atoms with Gasteiger partial charge in [0.05, 0.1) is 39.9 Å². The highest BCUT2D eigenvalue weighted by Crippen LogP contribution is 2.43.